The Morgan fingerprint density at radius 1 is 1.53 bits per heavy atom. The molecule has 19 heavy (non-hydrogen) atoms. The number of thiazole rings is 1. The van der Waals surface area contributed by atoms with E-state index in [1.165, 1.54) is 24.2 Å². The van der Waals surface area contributed by atoms with Crippen LogP contribution in [0.25, 0.3) is 10.6 Å². The second kappa shape index (κ2) is 5.06. The van der Waals surface area contributed by atoms with Crippen LogP contribution in [0.15, 0.2) is 16.8 Å². The Labute approximate surface area is 120 Å². The largest absolute Gasteiger partial charge is 0.349 e. The number of hydrogen-bond acceptors (Lipinski definition) is 4. The van der Waals surface area contributed by atoms with Crippen LogP contribution in [0.1, 0.15) is 35.1 Å². The molecular formula is C14H16N2OS2. The first-order chi connectivity index (χ1) is 9.15. The molecule has 1 atom stereocenters. The van der Waals surface area contributed by atoms with E-state index in [1.807, 2.05) is 18.4 Å². The Balaban J connectivity index is 1.78. The molecule has 1 aliphatic carbocycles. The zero-order chi connectivity index (χ0) is 13.4. The average Bonchev–Trinajstić information content (AvgIpc) is 2.94. The minimum absolute atomic E-state index is 0.0240. The summed E-state index contributed by atoms with van der Waals surface area (Å²) >= 11 is 3.13. The normalized spacial score (nSPS) is 16.3. The Bertz CT molecular complexity index is 585. The van der Waals surface area contributed by atoms with Gasteiger partial charge in [-0.25, -0.2) is 4.98 Å². The summed E-state index contributed by atoms with van der Waals surface area (Å²) in [5, 5.41) is 8.12. The Morgan fingerprint density at radius 3 is 2.95 bits per heavy atom. The second-order valence-corrected chi connectivity index (χ2v) is 6.82. The number of hydrogen-bond donors (Lipinski definition) is 1. The summed E-state index contributed by atoms with van der Waals surface area (Å²) in [4.78, 5) is 17.5. The lowest BCUT2D eigenvalue weighted by molar-refractivity contribution is 0.0939. The van der Waals surface area contributed by atoms with Gasteiger partial charge in [-0.15, -0.1) is 11.3 Å². The maximum Gasteiger partial charge on any atom is 0.263 e. The minimum atomic E-state index is 0.0240. The van der Waals surface area contributed by atoms with Gasteiger partial charge in [0.25, 0.3) is 5.91 Å². The van der Waals surface area contributed by atoms with E-state index in [4.69, 9.17) is 0 Å². The van der Waals surface area contributed by atoms with Crippen molar-refractivity contribution in [1.82, 2.24) is 10.3 Å². The van der Waals surface area contributed by atoms with Crippen LogP contribution in [0.3, 0.4) is 0 Å². The smallest absolute Gasteiger partial charge is 0.263 e. The van der Waals surface area contributed by atoms with Crippen molar-refractivity contribution in [3.63, 3.8) is 0 Å². The molecule has 100 valence electrons. The van der Waals surface area contributed by atoms with Crippen LogP contribution in [-0.2, 0) is 0 Å². The van der Waals surface area contributed by atoms with Crippen LogP contribution in [0.2, 0.25) is 0 Å². The van der Waals surface area contributed by atoms with Gasteiger partial charge in [0.1, 0.15) is 9.88 Å². The van der Waals surface area contributed by atoms with Crippen molar-refractivity contribution in [3.05, 3.63) is 27.4 Å². The highest BCUT2D eigenvalue weighted by Gasteiger charge is 2.29. The van der Waals surface area contributed by atoms with Crippen molar-refractivity contribution >= 4 is 28.6 Å². The maximum absolute atomic E-state index is 12.3. The fourth-order valence-electron chi connectivity index (χ4n) is 2.10. The highest BCUT2D eigenvalue weighted by Crippen LogP contribution is 2.33. The third-order valence-electron chi connectivity index (χ3n) is 3.46. The lowest BCUT2D eigenvalue weighted by atomic mass is 10.2. The standard InChI is InChI=1S/C14H16N2OS2/c1-8(10-3-4-10)15-13(17)12-9(2)16-14(19-12)11-5-6-18-7-11/h5-8,10H,3-4H2,1-2H3,(H,15,17)/t8-/m1/s1. The van der Waals surface area contributed by atoms with E-state index in [0.717, 1.165) is 21.1 Å². The van der Waals surface area contributed by atoms with Gasteiger partial charge in [-0.2, -0.15) is 11.3 Å². The summed E-state index contributed by atoms with van der Waals surface area (Å²) < 4.78 is 0. The molecule has 5 heteroatoms. The average molecular weight is 292 g/mol. The molecule has 2 aromatic heterocycles. The Morgan fingerprint density at radius 2 is 2.32 bits per heavy atom. The number of nitrogens with zero attached hydrogens (tertiary/aromatic N) is 1. The van der Waals surface area contributed by atoms with Crippen LogP contribution in [0.4, 0.5) is 0 Å². The molecule has 3 rings (SSSR count). The molecule has 0 aromatic carbocycles. The van der Waals surface area contributed by atoms with Gasteiger partial charge in [-0.1, -0.05) is 0 Å². The fraction of sp³-hybridized carbons (Fsp3) is 0.429. The molecule has 2 heterocycles. The number of amides is 1. The molecule has 2 aromatic rings. The van der Waals surface area contributed by atoms with E-state index in [0.29, 0.717) is 5.92 Å². The molecule has 1 aliphatic rings. The molecule has 0 bridgehead atoms. The highest BCUT2D eigenvalue weighted by molar-refractivity contribution is 7.17. The van der Waals surface area contributed by atoms with Crippen molar-refractivity contribution in [3.8, 4) is 10.6 Å². The Hall–Kier alpha value is -1.20. The third-order valence-corrected chi connectivity index (χ3v) is 5.35. The summed E-state index contributed by atoms with van der Waals surface area (Å²) in [6.45, 7) is 3.99. The fourth-order valence-corrected chi connectivity index (χ4v) is 3.78. The number of nitrogens with one attached hydrogen (secondary N) is 1. The summed E-state index contributed by atoms with van der Waals surface area (Å²) in [7, 11) is 0. The van der Waals surface area contributed by atoms with Crippen molar-refractivity contribution in [2.45, 2.75) is 32.7 Å². The number of aromatic nitrogens is 1. The van der Waals surface area contributed by atoms with E-state index >= 15 is 0 Å². The topological polar surface area (TPSA) is 42.0 Å². The minimum Gasteiger partial charge on any atom is -0.349 e. The number of carbonyl (C=O) groups is 1. The highest BCUT2D eigenvalue weighted by atomic mass is 32.1. The molecule has 0 spiro atoms. The predicted octanol–water partition coefficient (Wildman–Crippen LogP) is 3.71. The van der Waals surface area contributed by atoms with Gasteiger partial charge in [0.05, 0.1) is 5.69 Å². The number of carbonyl (C=O) groups excluding carboxylic acids is 1. The zero-order valence-electron chi connectivity index (χ0n) is 11.0. The van der Waals surface area contributed by atoms with Gasteiger partial charge in [0, 0.05) is 17.0 Å². The van der Waals surface area contributed by atoms with E-state index in [1.54, 1.807) is 11.3 Å². The summed E-state index contributed by atoms with van der Waals surface area (Å²) in [6, 6.07) is 2.32. The van der Waals surface area contributed by atoms with Gasteiger partial charge in [0.15, 0.2) is 0 Å². The van der Waals surface area contributed by atoms with Crippen LogP contribution < -0.4 is 5.32 Å². The quantitative estimate of drug-likeness (QED) is 0.933. The van der Waals surface area contributed by atoms with E-state index < -0.39 is 0 Å². The number of rotatable bonds is 4. The van der Waals surface area contributed by atoms with Crippen LogP contribution >= 0.6 is 22.7 Å². The van der Waals surface area contributed by atoms with Crippen molar-refractivity contribution in [2.24, 2.45) is 5.92 Å². The molecule has 1 fully saturated rings. The predicted molar refractivity (Wildman–Crippen MR) is 79.8 cm³/mol. The lowest BCUT2D eigenvalue weighted by Crippen LogP contribution is -2.33. The van der Waals surface area contributed by atoms with Gasteiger partial charge in [-0.05, 0) is 44.1 Å². The van der Waals surface area contributed by atoms with Crippen LogP contribution in [0.5, 0.6) is 0 Å². The van der Waals surface area contributed by atoms with Crippen LogP contribution in [0, 0.1) is 12.8 Å². The van der Waals surface area contributed by atoms with Gasteiger partial charge >= 0.3 is 0 Å². The molecular weight excluding hydrogens is 276 g/mol. The van der Waals surface area contributed by atoms with E-state index in [-0.39, 0.29) is 11.9 Å². The number of aryl methyl sites for hydroxylation is 1. The first kappa shape index (κ1) is 12.8. The molecule has 1 amide bonds. The zero-order valence-corrected chi connectivity index (χ0v) is 12.6. The van der Waals surface area contributed by atoms with E-state index in [9.17, 15) is 4.79 Å². The van der Waals surface area contributed by atoms with E-state index in [2.05, 4.69) is 22.6 Å². The second-order valence-electron chi connectivity index (χ2n) is 5.05. The van der Waals surface area contributed by atoms with Gasteiger partial charge in [-0.3, -0.25) is 4.79 Å². The first-order valence-electron chi connectivity index (χ1n) is 6.46. The summed E-state index contributed by atoms with van der Waals surface area (Å²) in [5.41, 5.74) is 1.93. The third kappa shape index (κ3) is 2.72. The van der Waals surface area contributed by atoms with Gasteiger partial charge in [0.2, 0.25) is 0 Å². The first-order valence-corrected chi connectivity index (χ1v) is 8.22. The van der Waals surface area contributed by atoms with Crippen molar-refractivity contribution in [1.29, 1.82) is 0 Å². The lowest BCUT2D eigenvalue weighted by Gasteiger charge is -2.11. The Kier molecular flexibility index (Phi) is 3.41. The molecule has 0 radical (unpaired) electrons. The molecule has 1 saturated carbocycles. The molecule has 3 nitrogen and oxygen atoms in total. The molecule has 1 N–H and O–H groups in total. The van der Waals surface area contributed by atoms with Gasteiger partial charge < -0.3 is 5.32 Å². The van der Waals surface area contributed by atoms with Crippen LogP contribution in [-0.4, -0.2) is 16.9 Å². The SMILES string of the molecule is Cc1nc(-c2ccsc2)sc1C(=O)N[C@H](C)C1CC1. The molecule has 0 aliphatic heterocycles. The van der Waals surface area contributed by atoms with Crippen molar-refractivity contribution < 1.29 is 4.79 Å². The maximum atomic E-state index is 12.3. The number of thiophene rings is 1. The summed E-state index contributed by atoms with van der Waals surface area (Å²) in [5.74, 6) is 0.699. The summed E-state index contributed by atoms with van der Waals surface area (Å²) in [6.07, 6.45) is 2.48. The monoisotopic (exact) mass is 292 g/mol. The molecule has 0 unspecified atom stereocenters. The van der Waals surface area contributed by atoms with Crippen molar-refractivity contribution in [2.75, 3.05) is 0 Å². The molecule has 0 saturated heterocycles.